The number of nitrogens with one attached hydrogen (secondary N) is 1. The summed E-state index contributed by atoms with van der Waals surface area (Å²) in [5.41, 5.74) is 3.33. The van der Waals surface area contributed by atoms with Crippen LogP contribution in [0, 0.1) is 19.8 Å². The molecular formula is C26H31ClN2O4. The Bertz CT molecular complexity index is 999. The lowest BCUT2D eigenvalue weighted by atomic mass is 9.96. The highest BCUT2D eigenvalue weighted by molar-refractivity contribution is 6.31. The maximum atomic E-state index is 13.1. The van der Waals surface area contributed by atoms with Crippen molar-refractivity contribution in [3.8, 4) is 5.75 Å². The molecular weight excluding hydrogens is 440 g/mol. The summed E-state index contributed by atoms with van der Waals surface area (Å²) >= 11 is 6.19. The zero-order valence-corrected chi connectivity index (χ0v) is 20.0. The molecule has 2 aromatic rings. The van der Waals surface area contributed by atoms with Crippen molar-refractivity contribution < 1.29 is 19.1 Å². The summed E-state index contributed by atoms with van der Waals surface area (Å²) in [6, 6.07) is 11.1. The lowest BCUT2D eigenvalue weighted by Gasteiger charge is -2.32. The summed E-state index contributed by atoms with van der Waals surface area (Å²) in [5.74, 6) is 0.126. The van der Waals surface area contributed by atoms with E-state index in [4.69, 9.17) is 21.1 Å². The van der Waals surface area contributed by atoms with Crippen LogP contribution in [0.2, 0.25) is 5.02 Å². The standard InChI is InChI=1S/C26H31ClN2O4/c1-17-11-18(2)13-20(12-17)26(31)29-9-3-5-19(15-29)25(30)28-23-14-21(27)7-8-24(23)33-16-22-6-4-10-32-22/h7-8,11-14,19,22H,3-6,9-10,15-16H2,1-2H3,(H,28,30). The molecule has 176 valence electrons. The molecule has 2 aliphatic heterocycles. The summed E-state index contributed by atoms with van der Waals surface area (Å²) in [4.78, 5) is 28.0. The van der Waals surface area contributed by atoms with Gasteiger partial charge in [0.05, 0.1) is 17.7 Å². The number of hydrogen-bond acceptors (Lipinski definition) is 4. The number of likely N-dealkylation sites (tertiary alicyclic amines) is 1. The zero-order chi connectivity index (χ0) is 23.4. The average molecular weight is 471 g/mol. The minimum atomic E-state index is -0.293. The number of carbonyl (C=O) groups excluding carboxylic acids is 2. The smallest absolute Gasteiger partial charge is 0.253 e. The second kappa shape index (κ2) is 10.6. The van der Waals surface area contributed by atoms with Crippen molar-refractivity contribution in [2.24, 2.45) is 5.92 Å². The van der Waals surface area contributed by atoms with Gasteiger partial charge in [0, 0.05) is 30.3 Å². The Hall–Kier alpha value is -2.57. The lowest BCUT2D eigenvalue weighted by molar-refractivity contribution is -0.121. The molecule has 33 heavy (non-hydrogen) atoms. The fourth-order valence-electron chi connectivity index (χ4n) is 4.58. The molecule has 0 radical (unpaired) electrons. The van der Waals surface area contributed by atoms with E-state index in [1.807, 2.05) is 32.0 Å². The molecule has 0 spiro atoms. The van der Waals surface area contributed by atoms with Crippen LogP contribution in [0.3, 0.4) is 0 Å². The molecule has 2 unspecified atom stereocenters. The highest BCUT2D eigenvalue weighted by Gasteiger charge is 2.29. The minimum absolute atomic E-state index is 0.0253. The second-order valence-electron chi connectivity index (χ2n) is 9.04. The average Bonchev–Trinajstić information content (AvgIpc) is 3.31. The van der Waals surface area contributed by atoms with Crippen LogP contribution in [-0.2, 0) is 9.53 Å². The van der Waals surface area contributed by atoms with Crippen LogP contribution in [0.5, 0.6) is 5.75 Å². The first-order chi connectivity index (χ1) is 15.9. The van der Waals surface area contributed by atoms with Crippen molar-refractivity contribution in [2.75, 3.05) is 31.6 Å². The summed E-state index contributed by atoms with van der Waals surface area (Å²) in [6.45, 7) is 6.22. The third-order valence-corrected chi connectivity index (χ3v) is 6.43. The Morgan fingerprint density at radius 1 is 1.12 bits per heavy atom. The van der Waals surface area contributed by atoms with E-state index in [2.05, 4.69) is 5.32 Å². The molecule has 2 heterocycles. The molecule has 0 saturated carbocycles. The first-order valence-electron chi connectivity index (χ1n) is 11.6. The van der Waals surface area contributed by atoms with Gasteiger partial charge in [0.2, 0.25) is 5.91 Å². The van der Waals surface area contributed by atoms with E-state index in [1.165, 1.54) is 0 Å². The largest absolute Gasteiger partial charge is 0.489 e. The molecule has 2 amide bonds. The monoisotopic (exact) mass is 470 g/mol. The maximum Gasteiger partial charge on any atom is 0.253 e. The van der Waals surface area contributed by atoms with Gasteiger partial charge in [-0.05, 0) is 69.9 Å². The van der Waals surface area contributed by atoms with E-state index in [9.17, 15) is 9.59 Å². The van der Waals surface area contributed by atoms with Gasteiger partial charge >= 0.3 is 0 Å². The molecule has 1 N–H and O–H groups in total. The van der Waals surface area contributed by atoms with E-state index in [0.717, 1.165) is 43.4 Å². The normalized spacial score (nSPS) is 20.5. The van der Waals surface area contributed by atoms with Crippen molar-refractivity contribution in [3.63, 3.8) is 0 Å². The molecule has 2 aromatic carbocycles. The SMILES string of the molecule is Cc1cc(C)cc(C(=O)N2CCCC(C(=O)Nc3cc(Cl)ccc3OCC3CCCO3)C2)c1. The molecule has 4 rings (SSSR count). The van der Waals surface area contributed by atoms with Crippen LogP contribution in [0.1, 0.15) is 47.2 Å². The number of rotatable bonds is 6. The number of benzene rings is 2. The number of amides is 2. The fraction of sp³-hybridized carbons (Fsp3) is 0.462. The van der Waals surface area contributed by atoms with Crippen LogP contribution in [0.15, 0.2) is 36.4 Å². The van der Waals surface area contributed by atoms with Crippen molar-refractivity contribution in [3.05, 3.63) is 58.1 Å². The Morgan fingerprint density at radius 3 is 2.64 bits per heavy atom. The molecule has 2 atom stereocenters. The first kappa shape index (κ1) is 23.6. The molecule has 2 fully saturated rings. The van der Waals surface area contributed by atoms with E-state index < -0.39 is 0 Å². The third-order valence-electron chi connectivity index (χ3n) is 6.20. The van der Waals surface area contributed by atoms with E-state index in [-0.39, 0.29) is 23.8 Å². The van der Waals surface area contributed by atoms with Crippen LogP contribution in [-0.4, -0.2) is 49.1 Å². The number of aryl methyl sites for hydroxylation is 2. The molecule has 2 saturated heterocycles. The van der Waals surface area contributed by atoms with Crippen LogP contribution in [0.25, 0.3) is 0 Å². The second-order valence-corrected chi connectivity index (χ2v) is 9.48. The van der Waals surface area contributed by atoms with Gasteiger partial charge in [0.25, 0.3) is 5.91 Å². The predicted molar refractivity (Wildman–Crippen MR) is 129 cm³/mol. The summed E-state index contributed by atoms with van der Waals surface area (Å²) < 4.78 is 11.6. The molecule has 0 aliphatic carbocycles. The van der Waals surface area contributed by atoms with Gasteiger partial charge in [-0.2, -0.15) is 0 Å². The van der Waals surface area contributed by atoms with Crippen molar-refractivity contribution >= 4 is 29.1 Å². The van der Waals surface area contributed by atoms with Gasteiger partial charge in [0.15, 0.2) is 0 Å². The Balaban J connectivity index is 1.41. The predicted octanol–water partition coefficient (Wildman–Crippen LogP) is 5.01. The van der Waals surface area contributed by atoms with E-state index in [1.54, 1.807) is 23.1 Å². The lowest BCUT2D eigenvalue weighted by Crippen LogP contribution is -2.43. The van der Waals surface area contributed by atoms with E-state index >= 15 is 0 Å². The number of ether oxygens (including phenoxy) is 2. The summed E-state index contributed by atoms with van der Waals surface area (Å²) in [5, 5.41) is 3.51. The minimum Gasteiger partial charge on any atom is -0.489 e. The molecule has 0 bridgehead atoms. The number of hydrogen-bond donors (Lipinski definition) is 1. The Kier molecular flexibility index (Phi) is 7.56. The van der Waals surface area contributed by atoms with Gasteiger partial charge in [-0.3, -0.25) is 9.59 Å². The van der Waals surface area contributed by atoms with Crippen molar-refractivity contribution in [1.82, 2.24) is 4.90 Å². The van der Waals surface area contributed by atoms with Crippen LogP contribution < -0.4 is 10.1 Å². The van der Waals surface area contributed by atoms with Gasteiger partial charge < -0.3 is 19.7 Å². The van der Waals surface area contributed by atoms with Crippen molar-refractivity contribution in [2.45, 2.75) is 45.6 Å². The highest BCUT2D eigenvalue weighted by Crippen LogP contribution is 2.30. The Morgan fingerprint density at radius 2 is 1.91 bits per heavy atom. The highest BCUT2D eigenvalue weighted by atomic mass is 35.5. The van der Waals surface area contributed by atoms with Crippen LogP contribution >= 0.6 is 11.6 Å². The van der Waals surface area contributed by atoms with Gasteiger partial charge in [-0.25, -0.2) is 0 Å². The number of carbonyl (C=O) groups is 2. The van der Waals surface area contributed by atoms with Gasteiger partial charge in [-0.15, -0.1) is 0 Å². The molecule has 6 nitrogen and oxygen atoms in total. The topological polar surface area (TPSA) is 67.9 Å². The van der Waals surface area contributed by atoms with Gasteiger partial charge in [-0.1, -0.05) is 28.8 Å². The summed E-state index contributed by atoms with van der Waals surface area (Å²) in [6.07, 6.45) is 3.60. The van der Waals surface area contributed by atoms with Crippen LogP contribution in [0.4, 0.5) is 5.69 Å². The number of anilines is 1. The number of nitrogens with zero attached hydrogens (tertiary/aromatic N) is 1. The number of halogens is 1. The zero-order valence-electron chi connectivity index (χ0n) is 19.2. The Labute approximate surface area is 200 Å². The maximum absolute atomic E-state index is 13.1. The van der Waals surface area contributed by atoms with Crippen molar-refractivity contribution in [1.29, 1.82) is 0 Å². The fourth-order valence-corrected chi connectivity index (χ4v) is 4.75. The molecule has 7 heteroatoms. The third kappa shape index (κ3) is 6.06. The first-order valence-corrected chi connectivity index (χ1v) is 12.0. The molecule has 2 aliphatic rings. The molecule has 0 aromatic heterocycles. The quantitative estimate of drug-likeness (QED) is 0.644. The number of piperidine rings is 1. The summed E-state index contributed by atoms with van der Waals surface area (Å²) in [7, 11) is 0. The van der Waals surface area contributed by atoms with E-state index in [0.29, 0.717) is 41.7 Å². The van der Waals surface area contributed by atoms with Gasteiger partial charge in [0.1, 0.15) is 12.4 Å².